The van der Waals surface area contributed by atoms with Crippen molar-refractivity contribution in [2.75, 3.05) is 32.7 Å². The van der Waals surface area contributed by atoms with E-state index in [9.17, 15) is 9.59 Å². The van der Waals surface area contributed by atoms with E-state index in [1.54, 1.807) is 11.8 Å². The van der Waals surface area contributed by atoms with Gasteiger partial charge in [-0.15, -0.1) is 0 Å². The lowest BCUT2D eigenvalue weighted by Crippen LogP contribution is -2.50. The van der Waals surface area contributed by atoms with Gasteiger partial charge in [0, 0.05) is 26.2 Å². The Morgan fingerprint density at radius 2 is 2.07 bits per heavy atom. The van der Waals surface area contributed by atoms with Gasteiger partial charge >= 0.3 is 0 Å². The average Bonchev–Trinajstić information content (AvgIpc) is 2.26. The number of nitrogens with zero attached hydrogens (tertiary/aromatic N) is 1. The molecule has 0 saturated carbocycles. The largest absolute Gasteiger partial charge is 0.346 e. The maximum Gasteiger partial charge on any atom is 0.242 e. The predicted molar refractivity (Wildman–Crippen MR) is 56.1 cm³/mol. The average molecular weight is 214 g/mol. The van der Waals surface area contributed by atoms with Gasteiger partial charge in [0.1, 0.15) is 0 Å². The van der Waals surface area contributed by atoms with Crippen LogP contribution in [0.3, 0.4) is 0 Å². The number of amides is 2. The van der Waals surface area contributed by atoms with Crippen molar-refractivity contribution in [3.05, 3.63) is 0 Å². The fourth-order valence-electron chi connectivity index (χ4n) is 1.35. The Kier molecular flexibility index (Phi) is 4.51. The van der Waals surface area contributed by atoms with Crippen molar-refractivity contribution < 1.29 is 9.59 Å². The molecule has 0 aromatic heterocycles. The minimum Gasteiger partial charge on any atom is -0.346 e. The number of carbonyl (C=O) groups is 2. The normalized spacial score (nSPS) is 18.4. The summed E-state index contributed by atoms with van der Waals surface area (Å²) in [4.78, 5) is 24.4. The molecule has 0 aromatic rings. The molecule has 0 aromatic carbocycles. The van der Waals surface area contributed by atoms with E-state index in [4.69, 9.17) is 5.73 Å². The van der Waals surface area contributed by atoms with Gasteiger partial charge in [-0.05, 0) is 6.92 Å². The smallest absolute Gasteiger partial charge is 0.242 e. The molecule has 0 radical (unpaired) electrons. The monoisotopic (exact) mass is 214 g/mol. The standard InChI is InChI=1S/C9H18N4O2/c1-7(10)9(15)12-6-8(14)13-4-2-11-3-5-13/h7,11H,2-6,10H2,1H3,(H,12,15). The fraction of sp³-hybridized carbons (Fsp3) is 0.778. The van der Waals surface area contributed by atoms with E-state index in [0.717, 1.165) is 13.1 Å². The van der Waals surface area contributed by atoms with Crippen molar-refractivity contribution in [3.8, 4) is 0 Å². The first-order valence-electron chi connectivity index (χ1n) is 5.13. The van der Waals surface area contributed by atoms with Crippen LogP contribution in [0.25, 0.3) is 0 Å². The van der Waals surface area contributed by atoms with E-state index >= 15 is 0 Å². The molecular weight excluding hydrogens is 196 g/mol. The van der Waals surface area contributed by atoms with Crippen LogP contribution < -0.4 is 16.4 Å². The van der Waals surface area contributed by atoms with Gasteiger partial charge in [0.25, 0.3) is 0 Å². The summed E-state index contributed by atoms with van der Waals surface area (Å²) in [5.74, 6) is -0.344. The third kappa shape index (κ3) is 3.85. The molecule has 1 atom stereocenters. The van der Waals surface area contributed by atoms with Crippen LogP contribution in [-0.4, -0.2) is 55.5 Å². The third-order valence-electron chi connectivity index (χ3n) is 2.30. The first-order chi connectivity index (χ1) is 7.11. The Bertz CT molecular complexity index is 236. The van der Waals surface area contributed by atoms with Crippen LogP contribution in [0.5, 0.6) is 0 Å². The topological polar surface area (TPSA) is 87.5 Å². The van der Waals surface area contributed by atoms with Gasteiger partial charge in [-0.25, -0.2) is 0 Å². The summed E-state index contributed by atoms with van der Waals surface area (Å²) >= 11 is 0. The van der Waals surface area contributed by atoms with Crippen molar-refractivity contribution in [1.29, 1.82) is 0 Å². The zero-order valence-corrected chi connectivity index (χ0v) is 8.95. The van der Waals surface area contributed by atoms with Crippen molar-refractivity contribution >= 4 is 11.8 Å². The summed E-state index contributed by atoms with van der Waals surface area (Å²) in [5.41, 5.74) is 5.35. The molecule has 1 saturated heterocycles. The number of hydrogen-bond acceptors (Lipinski definition) is 4. The molecule has 86 valence electrons. The molecule has 1 aliphatic heterocycles. The van der Waals surface area contributed by atoms with Gasteiger partial charge in [-0.3, -0.25) is 9.59 Å². The molecule has 0 spiro atoms. The number of nitrogens with one attached hydrogen (secondary N) is 2. The highest BCUT2D eigenvalue weighted by Gasteiger charge is 2.17. The molecule has 1 unspecified atom stereocenters. The first kappa shape index (κ1) is 11.9. The number of carbonyl (C=O) groups excluding carboxylic acids is 2. The van der Waals surface area contributed by atoms with Gasteiger partial charge in [-0.2, -0.15) is 0 Å². The number of hydrogen-bond donors (Lipinski definition) is 3. The van der Waals surface area contributed by atoms with Crippen LogP contribution in [-0.2, 0) is 9.59 Å². The Balaban J connectivity index is 2.26. The Labute approximate surface area is 89.2 Å². The van der Waals surface area contributed by atoms with Gasteiger partial charge in [0.2, 0.25) is 11.8 Å². The summed E-state index contributed by atoms with van der Waals surface area (Å²) in [7, 11) is 0. The molecule has 4 N–H and O–H groups in total. The van der Waals surface area contributed by atoms with E-state index in [1.807, 2.05) is 0 Å². The van der Waals surface area contributed by atoms with E-state index < -0.39 is 6.04 Å². The molecule has 15 heavy (non-hydrogen) atoms. The van der Waals surface area contributed by atoms with Crippen molar-refractivity contribution in [2.45, 2.75) is 13.0 Å². The molecule has 6 nitrogen and oxygen atoms in total. The van der Waals surface area contributed by atoms with E-state index in [1.165, 1.54) is 0 Å². The minimum atomic E-state index is -0.569. The maximum atomic E-state index is 11.6. The number of nitrogens with two attached hydrogens (primary N) is 1. The second-order valence-electron chi connectivity index (χ2n) is 3.64. The van der Waals surface area contributed by atoms with E-state index in [2.05, 4.69) is 10.6 Å². The van der Waals surface area contributed by atoms with E-state index in [-0.39, 0.29) is 18.4 Å². The molecule has 1 rings (SSSR count). The summed E-state index contributed by atoms with van der Waals surface area (Å²) in [6.07, 6.45) is 0. The zero-order valence-electron chi connectivity index (χ0n) is 8.95. The minimum absolute atomic E-state index is 0.0420. The fourth-order valence-corrected chi connectivity index (χ4v) is 1.35. The van der Waals surface area contributed by atoms with Gasteiger partial charge in [0.05, 0.1) is 12.6 Å². The van der Waals surface area contributed by atoms with E-state index in [0.29, 0.717) is 13.1 Å². The maximum absolute atomic E-state index is 11.6. The second-order valence-corrected chi connectivity index (χ2v) is 3.64. The molecule has 1 heterocycles. The Morgan fingerprint density at radius 3 is 2.60 bits per heavy atom. The van der Waals surface area contributed by atoms with Crippen LogP contribution in [0.15, 0.2) is 0 Å². The molecular formula is C9H18N4O2. The highest BCUT2D eigenvalue weighted by molar-refractivity contribution is 5.87. The zero-order chi connectivity index (χ0) is 11.3. The number of rotatable bonds is 3. The lowest BCUT2D eigenvalue weighted by molar-refractivity contribution is -0.133. The van der Waals surface area contributed by atoms with Crippen molar-refractivity contribution in [3.63, 3.8) is 0 Å². The van der Waals surface area contributed by atoms with Gasteiger partial charge in [0.15, 0.2) is 0 Å². The summed E-state index contributed by atoms with van der Waals surface area (Å²) in [6, 6.07) is -0.569. The van der Waals surface area contributed by atoms with Crippen LogP contribution >= 0.6 is 0 Å². The summed E-state index contributed by atoms with van der Waals surface area (Å²) in [5, 5.41) is 5.66. The van der Waals surface area contributed by atoms with Crippen LogP contribution in [0.2, 0.25) is 0 Å². The molecule has 1 fully saturated rings. The van der Waals surface area contributed by atoms with Crippen LogP contribution in [0.1, 0.15) is 6.92 Å². The number of piperazine rings is 1. The first-order valence-corrected chi connectivity index (χ1v) is 5.13. The Hall–Kier alpha value is -1.14. The molecule has 2 amide bonds. The lowest BCUT2D eigenvalue weighted by Gasteiger charge is -2.27. The Morgan fingerprint density at radius 1 is 1.47 bits per heavy atom. The van der Waals surface area contributed by atoms with Crippen LogP contribution in [0.4, 0.5) is 0 Å². The quantitative estimate of drug-likeness (QED) is 0.501. The second kappa shape index (κ2) is 5.67. The SMILES string of the molecule is CC(N)C(=O)NCC(=O)N1CCNCC1. The molecule has 0 aliphatic carbocycles. The molecule has 1 aliphatic rings. The lowest BCUT2D eigenvalue weighted by atomic mass is 10.3. The molecule has 0 bridgehead atoms. The van der Waals surface area contributed by atoms with Gasteiger partial charge in [-0.1, -0.05) is 0 Å². The third-order valence-corrected chi connectivity index (χ3v) is 2.30. The van der Waals surface area contributed by atoms with Crippen molar-refractivity contribution in [1.82, 2.24) is 15.5 Å². The van der Waals surface area contributed by atoms with Crippen molar-refractivity contribution in [2.24, 2.45) is 5.73 Å². The highest BCUT2D eigenvalue weighted by atomic mass is 16.2. The van der Waals surface area contributed by atoms with Crippen LogP contribution in [0, 0.1) is 0 Å². The summed E-state index contributed by atoms with van der Waals surface area (Å²) in [6.45, 7) is 4.66. The molecule has 6 heteroatoms. The summed E-state index contributed by atoms with van der Waals surface area (Å²) < 4.78 is 0. The van der Waals surface area contributed by atoms with Gasteiger partial charge < -0.3 is 21.3 Å². The predicted octanol–water partition coefficient (Wildman–Crippen LogP) is -2.12. The highest BCUT2D eigenvalue weighted by Crippen LogP contribution is 1.92.